The first kappa shape index (κ1) is 108. The van der Waals surface area contributed by atoms with Crippen molar-refractivity contribution in [2.75, 3.05) is 39.6 Å². The molecule has 46 nitrogen and oxygen atoms in total. The smallest absolute Gasteiger partial charge is 0.335 e. The van der Waals surface area contributed by atoms with Gasteiger partial charge in [-0.3, -0.25) is 14.4 Å². The minimum absolute atomic E-state index is 0.00405. The summed E-state index contributed by atoms with van der Waals surface area (Å²) in [5.41, 5.74) is -5.80. The molecule has 13 aliphatic rings. The van der Waals surface area contributed by atoms with Gasteiger partial charge >= 0.3 is 23.9 Å². The Balaban J connectivity index is 0.805. The Labute approximate surface area is 778 Å². The van der Waals surface area contributed by atoms with E-state index in [-0.39, 0.29) is 69.6 Å². The molecule has 0 bridgehead atoms. The Bertz CT molecular complexity index is 4020. The molecule has 4 saturated carbocycles. The van der Waals surface area contributed by atoms with Crippen molar-refractivity contribution in [3.63, 3.8) is 0 Å². The van der Waals surface area contributed by atoms with Crippen molar-refractivity contribution >= 4 is 30.2 Å². The van der Waals surface area contributed by atoms with Gasteiger partial charge in [-0.15, -0.1) is 0 Å². The van der Waals surface area contributed by atoms with Crippen LogP contribution in [0.25, 0.3) is 0 Å². The molecule has 0 amide bonds. The number of carbonyl (C=O) groups excluding carboxylic acids is 4. The first-order valence-electron chi connectivity index (χ1n) is 46.9. The number of esters is 3. The molecule has 0 radical (unpaired) electrons. The first-order valence-corrected chi connectivity index (χ1v) is 46.9. The standard InChI is InChI=1S/C89H142O46/c1-12-34(3)44(123-51(99)23-37(93)13-2)22-38(94)24-52(100)127-65-35(4)122-80(71(61(65)109)132-79-64(112)68(130-77-59(107)56(104)54(102)45(27-90)124-77)66(36(5)121-79)128-76-63(111)67(42(96)31-120-76)129-75-58(106)53(101)41(95)30-119-75)134-82(116)88-21-20-83(6,7)25-40(88)39-14-15-48-84(8)18-17-50(85(9,32-92)47(84)16-19-86(48,10)87(39,11)26-49(88)98)126-81-72(133-78-60(108)57(105)55(103)46(28-91)125-78)69(62(110)70(131-81)74(114)115)135-89(117)33-118-29-43(97)73(89)113/h14,32,34-38,40-50,53-73,75-81,90-91,93-98,101-113,117H,12-13,15-31,33H2,1-11H3,(H,114,115)/t34-,35?,36?,37-,38-,40?,41?,42?,43?,44-,45?,46?,47?,48?,49+,50-,53?,54?,55?,56?,57?,58?,59?,60?,61?,62?,63?,64?,65?,66?,67?,68?,69?,70?,71?,72?,73?,75?,76?,77?,78?,79?,80?,81?,84-,85-,86+,87+,88+,89?/m0/s1. The third-order valence-corrected chi connectivity index (χ3v) is 32.2. The Morgan fingerprint density at radius 2 is 1.08 bits per heavy atom. The second-order valence-corrected chi connectivity index (χ2v) is 41.3. The molecule has 13 rings (SSSR count). The molecule has 0 spiro atoms. The molecule has 8 aliphatic heterocycles. The number of aliphatic hydroxyl groups excluding tert-OH is 21. The summed E-state index contributed by atoms with van der Waals surface area (Å²) in [4.78, 5) is 71.5. The van der Waals surface area contributed by atoms with E-state index in [0.29, 0.717) is 25.7 Å². The van der Waals surface area contributed by atoms with Gasteiger partial charge in [0.15, 0.2) is 56.1 Å². The topological polar surface area (TPSA) is 717 Å². The molecule has 135 heavy (non-hydrogen) atoms. The number of rotatable bonds is 31. The van der Waals surface area contributed by atoms with Crippen LogP contribution >= 0.6 is 0 Å². The molecule has 23 N–H and O–H groups in total. The van der Waals surface area contributed by atoms with Crippen LogP contribution in [0.2, 0.25) is 0 Å². The van der Waals surface area contributed by atoms with Crippen LogP contribution in [0, 0.1) is 56.2 Å². The highest BCUT2D eigenvalue weighted by Crippen LogP contribution is 2.76. The summed E-state index contributed by atoms with van der Waals surface area (Å²) in [7, 11) is 0. The molecule has 8 heterocycles. The Kier molecular flexibility index (Phi) is 34.1. The van der Waals surface area contributed by atoms with Gasteiger partial charge in [-0.1, -0.05) is 80.4 Å². The van der Waals surface area contributed by atoms with Gasteiger partial charge in [0.2, 0.25) is 12.1 Å². The summed E-state index contributed by atoms with van der Waals surface area (Å²) in [5, 5.41) is 259. The number of ether oxygens (including phenoxy) is 18. The van der Waals surface area contributed by atoms with E-state index >= 15 is 4.79 Å². The van der Waals surface area contributed by atoms with Crippen molar-refractivity contribution in [2.24, 2.45) is 56.2 Å². The molecular formula is C89H142O46. The predicted molar refractivity (Wildman–Crippen MR) is 444 cm³/mol. The molecule has 12 fully saturated rings. The van der Waals surface area contributed by atoms with Crippen LogP contribution in [0.3, 0.4) is 0 Å². The van der Waals surface area contributed by atoms with Crippen LogP contribution in [0.1, 0.15) is 166 Å². The normalized spacial score (nSPS) is 49.8. The fourth-order valence-corrected chi connectivity index (χ4v) is 23.6. The van der Waals surface area contributed by atoms with Crippen LogP contribution in [0.15, 0.2) is 11.6 Å². The van der Waals surface area contributed by atoms with Crippen LogP contribution in [-0.4, -0.2) is 439 Å². The van der Waals surface area contributed by atoms with E-state index in [2.05, 4.69) is 19.9 Å². The third-order valence-electron chi connectivity index (χ3n) is 32.2. The van der Waals surface area contributed by atoms with Crippen molar-refractivity contribution in [2.45, 2.75) is 417 Å². The summed E-state index contributed by atoms with van der Waals surface area (Å²) in [6.07, 6.45) is -71.9. The van der Waals surface area contributed by atoms with Crippen LogP contribution in [0.4, 0.5) is 0 Å². The summed E-state index contributed by atoms with van der Waals surface area (Å²) >= 11 is 0. The zero-order valence-electron chi connectivity index (χ0n) is 77.4. The third kappa shape index (κ3) is 20.7. The van der Waals surface area contributed by atoms with Crippen molar-refractivity contribution in [1.29, 1.82) is 0 Å². The van der Waals surface area contributed by atoms with Crippen molar-refractivity contribution in [1.82, 2.24) is 0 Å². The second-order valence-electron chi connectivity index (χ2n) is 41.3. The van der Waals surface area contributed by atoms with Gasteiger partial charge in [-0.25, -0.2) is 4.79 Å². The van der Waals surface area contributed by atoms with Crippen molar-refractivity contribution in [3.05, 3.63) is 11.6 Å². The monoisotopic (exact) mass is 1950 g/mol. The highest BCUT2D eigenvalue weighted by molar-refractivity contribution is 5.80. The van der Waals surface area contributed by atoms with Crippen molar-refractivity contribution < 1.29 is 227 Å². The number of fused-ring (bicyclic) bond motifs is 7. The van der Waals surface area contributed by atoms with E-state index in [0.717, 1.165) is 11.9 Å². The van der Waals surface area contributed by atoms with Gasteiger partial charge in [0.05, 0.1) is 87.9 Å². The molecule has 0 aromatic heterocycles. The molecule has 0 aromatic carbocycles. The molecule has 0 aromatic rings. The van der Waals surface area contributed by atoms with Gasteiger partial charge < -0.3 is 208 Å². The summed E-state index contributed by atoms with van der Waals surface area (Å²) in [6.45, 7) is 15.2. The maximum Gasteiger partial charge on any atom is 0.335 e. The Hall–Kier alpha value is -4.19. The predicted octanol–water partition coefficient (Wildman–Crippen LogP) is -6.71. The van der Waals surface area contributed by atoms with E-state index in [1.165, 1.54) is 13.8 Å². The van der Waals surface area contributed by atoms with Gasteiger partial charge in [0.1, 0.15) is 165 Å². The molecule has 50 atom stereocenters. The summed E-state index contributed by atoms with van der Waals surface area (Å²) < 4.78 is 109. The number of carbonyl (C=O) groups is 5. The fraction of sp³-hybridized carbons (Fsp3) is 0.921. The number of carboxylic acids is 1. The Morgan fingerprint density at radius 1 is 0.519 bits per heavy atom. The van der Waals surface area contributed by atoms with E-state index in [9.17, 15) is 137 Å². The lowest BCUT2D eigenvalue weighted by atomic mass is 9.33. The number of aliphatic carboxylic acids is 1. The van der Waals surface area contributed by atoms with E-state index in [1.807, 2.05) is 20.8 Å². The van der Waals surface area contributed by atoms with E-state index in [4.69, 9.17) is 85.3 Å². The van der Waals surface area contributed by atoms with Gasteiger partial charge in [-0.2, -0.15) is 0 Å². The number of hydrogen-bond acceptors (Lipinski definition) is 45. The fourth-order valence-electron chi connectivity index (χ4n) is 23.6. The first-order chi connectivity index (χ1) is 63.4. The average molecular weight is 1950 g/mol. The molecule has 39 unspecified atom stereocenters. The highest BCUT2D eigenvalue weighted by Gasteiger charge is 2.74. The number of hydrogen-bond donors (Lipinski definition) is 23. The molecule has 774 valence electrons. The van der Waals surface area contributed by atoms with E-state index < -0.39 is 366 Å². The number of aliphatic hydroxyl groups is 22. The summed E-state index contributed by atoms with van der Waals surface area (Å²) in [5.74, 6) is -9.90. The zero-order chi connectivity index (χ0) is 99.1. The minimum atomic E-state index is -2.93. The quantitative estimate of drug-likeness (QED) is 0.00766. The van der Waals surface area contributed by atoms with Gasteiger partial charge in [-0.05, 0) is 123 Å². The van der Waals surface area contributed by atoms with Gasteiger partial charge in [0, 0.05) is 6.42 Å². The lowest BCUT2D eigenvalue weighted by Gasteiger charge is -2.71. The molecular weight excluding hydrogens is 1800 g/mol. The number of aldehydes is 1. The highest BCUT2D eigenvalue weighted by atomic mass is 16.8. The number of carboxylic acid groups (broad SMARTS) is 1. The molecule has 8 saturated heterocycles. The maximum absolute atomic E-state index is 16.5. The lowest BCUT2D eigenvalue weighted by Crippen LogP contribution is -2.70. The van der Waals surface area contributed by atoms with Crippen LogP contribution < -0.4 is 0 Å². The molecule has 5 aliphatic carbocycles. The SMILES string of the molecule is CC[C@H](O)CC(=O)O[C@@H](C[C@H](O)CC(=O)OC1C(C)OC(OC(=O)[C@]23CCC(C)(C)CC2C2=CCC4[C@@]5(C)CC[C@H](OC6OC(C(=O)O)C(O)C(OC7(O)COCC(O)C7O)C6OC6OC(CO)C(O)C(O)C6O)[C@@](C)(C=O)C5CC[C@@]4(C)[C@]2(C)C[C@H]3O)C(OC2OC(C)C(OC3OCC(O)C(OC4OCC(O)C(O)C4O)C3O)C(OC3OC(CO)C(O)C(O)C3O)C2O)C1O)[C@@H](C)CC. The maximum atomic E-state index is 16.5. The second kappa shape index (κ2) is 42.6. The van der Waals surface area contributed by atoms with Crippen molar-refractivity contribution in [3.8, 4) is 0 Å². The van der Waals surface area contributed by atoms with E-state index in [1.54, 1.807) is 27.7 Å². The zero-order valence-corrected chi connectivity index (χ0v) is 77.4. The van der Waals surface area contributed by atoms with Crippen LogP contribution in [0.5, 0.6) is 0 Å². The van der Waals surface area contributed by atoms with Gasteiger partial charge in [0.25, 0.3) is 0 Å². The largest absolute Gasteiger partial charge is 0.479 e. The Morgan fingerprint density at radius 3 is 1.70 bits per heavy atom. The summed E-state index contributed by atoms with van der Waals surface area (Å²) in [6, 6.07) is 0. The lowest BCUT2D eigenvalue weighted by molar-refractivity contribution is -0.408. The molecule has 46 heteroatoms. The average Bonchev–Trinajstić information content (AvgIpc) is 0.667. The van der Waals surface area contributed by atoms with Crippen LogP contribution in [-0.2, 0) is 109 Å². The number of allylic oxidation sites excluding steroid dienone is 2. The minimum Gasteiger partial charge on any atom is -0.479 e.